The Hall–Kier alpha value is -3.46. The fourth-order valence-electron chi connectivity index (χ4n) is 5.45. The molecule has 5 atom stereocenters. The molecule has 3 heterocycles. The smallest absolute Gasteiger partial charge is 0.232 e. The lowest BCUT2D eigenvalue weighted by Gasteiger charge is -2.42. The van der Waals surface area contributed by atoms with E-state index in [2.05, 4.69) is 15.3 Å². The van der Waals surface area contributed by atoms with E-state index in [1.165, 1.54) is 4.90 Å². The van der Waals surface area contributed by atoms with Gasteiger partial charge in [-0.25, -0.2) is 4.99 Å². The van der Waals surface area contributed by atoms with Crippen molar-refractivity contribution in [3.05, 3.63) is 59.9 Å². The van der Waals surface area contributed by atoms with Crippen molar-refractivity contribution in [3.63, 3.8) is 0 Å². The minimum atomic E-state index is -0.934. The number of fused-ring (bicyclic) bond motifs is 1. The van der Waals surface area contributed by atoms with Crippen molar-refractivity contribution < 1.29 is 19.4 Å². The predicted molar refractivity (Wildman–Crippen MR) is 134 cm³/mol. The van der Waals surface area contributed by atoms with Crippen molar-refractivity contribution in [2.45, 2.75) is 69.9 Å². The maximum absolute atomic E-state index is 13.5. The van der Waals surface area contributed by atoms with Crippen molar-refractivity contribution >= 4 is 17.8 Å². The molecule has 2 amide bonds. The Morgan fingerprint density at radius 3 is 2.67 bits per heavy atom. The predicted octanol–water partition coefficient (Wildman–Crippen LogP) is 2.47. The average Bonchev–Trinajstić information content (AvgIpc) is 3.59. The summed E-state index contributed by atoms with van der Waals surface area (Å²) in [5.41, 5.74) is 6.41. The van der Waals surface area contributed by atoms with Crippen LogP contribution in [0.2, 0.25) is 0 Å². The minimum absolute atomic E-state index is 0.122. The van der Waals surface area contributed by atoms with Crippen molar-refractivity contribution in [2.24, 2.45) is 22.6 Å². The van der Waals surface area contributed by atoms with Crippen LogP contribution < -0.4 is 15.8 Å². The molecule has 1 aliphatic carbocycles. The molecule has 36 heavy (non-hydrogen) atoms. The van der Waals surface area contributed by atoms with Gasteiger partial charge in [0.1, 0.15) is 17.5 Å². The van der Waals surface area contributed by atoms with Gasteiger partial charge in [-0.3, -0.25) is 19.5 Å². The van der Waals surface area contributed by atoms with Crippen molar-refractivity contribution in [1.29, 1.82) is 0 Å². The molecule has 1 saturated carbocycles. The summed E-state index contributed by atoms with van der Waals surface area (Å²) in [6, 6.07) is 10.1. The standard InChI is InChI=1S/C27H33N5O4/c1-26(2)13-20(33)32(25(28)31-26)22(15-8-7-11-29-14-15)17-12-18(17)24(35)30-21-16-9-5-6-10-19(16)36-27(3,4)23(21)34/h5-11,14,17-18,21-23,34H,12-13H2,1-4H3,(H2,28,31)(H,30,35). The molecule has 0 bridgehead atoms. The van der Waals surface area contributed by atoms with Gasteiger partial charge in [0.05, 0.1) is 24.0 Å². The highest BCUT2D eigenvalue weighted by molar-refractivity contribution is 5.99. The molecule has 0 spiro atoms. The Morgan fingerprint density at radius 2 is 1.97 bits per heavy atom. The molecular weight excluding hydrogens is 458 g/mol. The van der Waals surface area contributed by atoms with E-state index in [1.807, 2.05) is 50.2 Å². The van der Waals surface area contributed by atoms with Crippen LogP contribution in [0.15, 0.2) is 53.8 Å². The summed E-state index contributed by atoms with van der Waals surface area (Å²) in [6.07, 6.45) is 3.25. The van der Waals surface area contributed by atoms with E-state index >= 15 is 0 Å². The van der Waals surface area contributed by atoms with E-state index in [9.17, 15) is 14.7 Å². The Morgan fingerprint density at radius 1 is 1.22 bits per heavy atom. The lowest BCUT2D eigenvalue weighted by atomic mass is 9.86. The highest BCUT2D eigenvalue weighted by atomic mass is 16.5. The second-order valence-electron chi connectivity index (χ2n) is 11.1. The summed E-state index contributed by atoms with van der Waals surface area (Å²) in [7, 11) is 0. The van der Waals surface area contributed by atoms with Gasteiger partial charge in [-0.15, -0.1) is 0 Å². The van der Waals surface area contributed by atoms with Crippen LogP contribution >= 0.6 is 0 Å². The van der Waals surface area contributed by atoms with Gasteiger partial charge >= 0.3 is 0 Å². The first-order valence-corrected chi connectivity index (χ1v) is 12.3. The summed E-state index contributed by atoms with van der Waals surface area (Å²) in [6.45, 7) is 7.35. The number of hydrogen-bond donors (Lipinski definition) is 3. The lowest BCUT2D eigenvalue weighted by Crippen LogP contribution is -2.54. The molecule has 4 N–H and O–H groups in total. The summed E-state index contributed by atoms with van der Waals surface area (Å²) in [4.78, 5) is 37.0. The van der Waals surface area contributed by atoms with Crippen LogP contribution in [0.1, 0.15) is 63.7 Å². The van der Waals surface area contributed by atoms with Crippen molar-refractivity contribution in [2.75, 3.05) is 0 Å². The zero-order chi connectivity index (χ0) is 25.8. The number of aliphatic imine (C=N–C) groups is 1. The number of aliphatic hydroxyl groups excluding tert-OH is 1. The summed E-state index contributed by atoms with van der Waals surface area (Å²) in [5, 5.41) is 14.1. The van der Waals surface area contributed by atoms with Crippen LogP contribution in [0.5, 0.6) is 5.75 Å². The molecule has 1 fully saturated rings. The van der Waals surface area contributed by atoms with Crippen molar-refractivity contribution in [1.82, 2.24) is 15.2 Å². The van der Waals surface area contributed by atoms with Crippen LogP contribution in [0.4, 0.5) is 0 Å². The van der Waals surface area contributed by atoms with Crippen LogP contribution in [-0.4, -0.2) is 50.0 Å². The summed E-state index contributed by atoms with van der Waals surface area (Å²) in [5.74, 6) is -0.00557. The molecule has 2 aromatic rings. The number of amides is 2. The maximum atomic E-state index is 13.5. The number of carbonyl (C=O) groups is 2. The molecule has 0 saturated heterocycles. The first-order valence-electron chi connectivity index (χ1n) is 12.3. The van der Waals surface area contributed by atoms with Gasteiger partial charge in [0.25, 0.3) is 0 Å². The van der Waals surface area contributed by atoms with E-state index < -0.39 is 29.3 Å². The highest BCUT2D eigenvalue weighted by Crippen LogP contribution is 2.51. The average molecular weight is 492 g/mol. The number of hydrogen-bond acceptors (Lipinski definition) is 7. The number of aromatic nitrogens is 1. The number of para-hydroxylation sites is 1. The Bertz CT molecular complexity index is 1210. The van der Waals surface area contributed by atoms with Gasteiger partial charge in [0.15, 0.2) is 5.96 Å². The topological polar surface area (TPSA) is 130 Å². The van der Waals surface area contributed by atoms with E-state index in [1.54, 1.807) is 26.2 Å². The number of guanidine groups is 1. The number of benzene rings is 1. The number of nitrogens with zero attached hydrogens (tertiary/aromatic N) is 3. The van der Waals surface area contributed by atoms with Gasteiger partial charge in [-0.2, -0.15) is 0 Å². The number of carbonyl (C=O) groups excluding carboxylic acids is 2. The third kappa shape index (κ3) is 4.32. The van der Waals surface area contributed by atoms with Crippen molar-refractivity contribution in [3.8, 4) is 5.75 Å². The Kier molecular flexibility index (Phi) is 5.78. The third-order valence-electron chi connectivity index (χ3n) is 7.36. The molecular formula is C27H33N5O4. The van der Waals surface area contributed by atoms with E-state index in [0.29, 0.717) is 12.2 Å². The Balaban J connectivity index is 1.41. The molecule has 3 aliphatic rings. The van der Waals surface area contributed by atoms with Gasteiger partial charge in [-0.05, 0) is 57.7 Å². The van der Waals surface area contributed by atoms with Crippen LogP contribution in [0.3, 0.4) is 0 Å². The second kappa shape index (κ2) is 8.58. The quantitative estimate of drug-likeness (QED) is 0.589. The SMILES string of the molecule is CC1(C)CC(=O)N(C(c2cccnc2)C2CC2C(=O)NC2c3ccccc3OC(C)(C)C2O)C(N)=N1. The number of ether oxygens (including phenoxy) is 1. The Labute approximate surface area is 210 Å². The van der Waals surface area contributed by atoms with Crippen LogP contribution in [0.25, 0.3) is 0 Å². The molecule has 0 radical (unpaired) electrons. The molecule has 9 nitrogen and oxygen atoms in total. The molecule has 1 aromatic carbocycles. The normalized spacial score (nSPS) is 28.9. The maximum Gasteiger partial charge on any atom is 0.232 e. The zero-order valence-electron chi connectivity index (χ0n) is 21.0. The number of nitrogens with one attached hydrogen (secondary N) is 1. The first kappa shape index (κ1) is 24.2. The summed E-state index contributed by atoms with van der Waals surface area (Å²) < 4.78 is 5.98. The largest absolute Gasteiger partial charge is 0.485 e. The molecule has 5 rings (SSSR count). The van der Waals surface area contributed by atoms with Gasteiger partial charge in [0, 0.05) is 23.9 Å². The molecule has 9 heteroatoms. The fourth-order valence-corrected chi connectivity index (χ4v) is 5.45. The van der Waals surface area contributed by atoms with E-state index in [-0.39, 0.29) is 36.0 Å². The van der Waals surface area contributed by atoms with Gasteiger partial charge in [-0.1, -0.05) is 24.3 Å². The van der Waals surface area contributed by atoms with Crippen LogP contribution in [0, 0.1) is 11.8 Å². The van der Waals surface area contributed by atoms with Crippen LogP contribution in [-0.2, 0) is 9.59 Å². The number of nitrogens with two attached hydrogens (primary N) is 1. The first-order chi connectivity index (χ1) is 17.0. The number of pyridine rings is 1. The van der Waals surface area contributed by atoms with E-state index in [0.717, 1.165) is 11.1 Å². The molecule has 2 aliphatic heterocycles. The third-order valence-corrected chi connectivity index (χ3v) is 7.36. The zero-order valence-corrected chi connectivity index (χ0v) is 21.0. The minimum Gasteiger partial charge on any atom is -0.485 e. The van der Waals surface area contributed by atoms with Gasteiger partial charge in [0.2, 0.25) is 11.8 Å². The number of aliphatic hydroxyl groups is 1. The second-order valence-corrected chi connectivity index (χ2v) is 11.1. The highest BCUT2D eigenvalue weighted by Gasteiger charge is 2.54. The lowest BCUT2D eigenvalue weighted by molar-refractivity contribution is -0.132. The van der Waals surface area contributed by atoms with E-state index in [4.69, 9.17) is 10.5 Å². The monoisotopic (exact) mass is 491 g/mol. The summed E-state index contributed by atoms with van der Waals surface area (Å²) >= 11 is 0. The molecule has 1 aromatic heterocycles. The fraction of sp³-hybridized carbons (Fsp3) is 0.481. The molecule has 190 valence electrons. The van der Waals surface area contributed by atoms with Gasteiger partial charge < -0.3 is 20.9 Å². The molecule has 5 unspecified atom stereocenters. The number of rotatable bonds is 5.